The van der Waals surface area contributed by atoms with E-state index in [1.54, 1.807) is 6.07 Å². The van der Waals surface area contributed by atoms with Crippen molar-refractivity contribution in [1.82, 2.24) is 0 Å². The van der Waals surface area contributed by atoms with Crippen molar-refractivity contribution in [2.75, 3.05) is 10.0 Å². The number of para-hydroxylation sites is 1. The van der Waals surface area contributed by atoms with Gasteiger partial charge in [0.15, 0.2) is 0 Å². The maximum Gasteiger partial charge on any atom is 0.261 e. The lowest BCUT2D eigenvalue weighted by Crippen LogP contribution is -2.29. The number of fused-ring (bicyclic) bond motifs is 3. The Balaban J connectivity index is 1.50. The van der Waals surface area contributed by atoms with Crippen LogP contribution in [0.2, 0.25) is 5.02 Å². The third-order valence-corrected chi connectivity index (χ3v) is 8.19. The molecule has 1 aliphatic heterocycles. The van der Waals surface area contributed by atoms with Crippen molar-refractivity contribution in [3.8, 4) is 0 Å². The maximum atomic E-state index is 13.2. The van der Waals surface area contributed by atoms with Gasteiger partial charge in [0.25, 0.3) is 10.0 Å². The molecule has 3 aromatic rings. The van der Waals surface area contributed by atoms with Crippen molar-refractivity contribution in [2.45, 2.75) is 37.1 Å². The van der Waals surface area contributed by atoms with Gasteiger partial charge in [0.05, 0.1) is 16.6 Å². The molecule has 2 aliphatic rings. The molecule has 0 radical (unpaired) electrons. The van der Waals surface area contributed by atoms with Gasteiger partial charge in [0.2, 0.25) is 0 Å². The van der Waals surface area contributed by atoms with Gasteiger partial charge in [-0.2, -0.15) is 0 Å². The van der Waals surface area contributed by atoms with Crippen molar-refractivity contribution in [3.63, 3.8) is 0 Å². The van der Waals surface area contributed by atoms with Crippen LogP contribution in [0, 0.1) is 19.8 Å². The minimum absolute atomic E-state index is 0.148. The molecule has 32 heavy (non-hydrogen) atoms. The zero-order valence-electron chi connectivity index (χ0n) is 18.0. The maximum absolute atomic E-state index is 13.2. The van der Waals surface area contributed by atoms with E-state index in [4.69, 9.17) is 11.6 Å². The fourth-order valence-electron chi connectivity index (χ4n) is 4.91. The standard InChI is InChI=1S/C26H25ClN2O2S/c1-16-5-3-6-17(2)25(16)29-32(30,31)20-13-14-24-23(15-20)21-7-4-8-22(21)26(28-24)18-9-11-19(27)12-10-18/h3-7,9-15,21-22,26,28-29H,8H2,1-2H3/t21-,22+,26+/m0/s1. The molecule has 5 rings (SSSR count). The van der Waals surface area contributed by atoms with Crippen LogP contribution < -0.4 is 10.0 Å². The molecule has 6 heteroatoms. The van der Waals surface area contributed by atoms with Crippen LogP contribution in [0.15, 0.2) is 77.7 Å². The minimum atomic E-state index is -3.71. The average molecular weight is 465 g/mol. The number of hydrogen-bond acceptors (Lipinski definition) is 3. The number of hydrogen-bond donors (Lipinski definition) is 2. The molecule has 0 saturated carbocycles. The number of allylic oxidation sites excluding steroid dienone is 2. The van der Waals surface area contributed by atoms with E-state index >= 15 is 0 Å². The topological polar surface area (TPSA) is 58.2 Å². The van der Waals surface area contributed by atoms with Gasteiger partial charge in [0, 0.05) is 16.6 Å². The van der Waals surface area contributed by atoms with Gasteiger partial charge < -0.3 is 5.32 Å². The van der Waals surface area contributed by atoms with Crippen LogP contribution in [0.25, 0.3) is 0 Å². The molecule has 3 atom stereocenters. The number of aryl methyl sites for hydroxylation is 2. The molecule has 0 saturated heterocycles. The zero-order valence-corrected chi connectivity index (χ0v) is 19.5. The summed E-state index contributed by atoms with van der Waals surface area (Å²) in [5.74, 6) is 0.496. The quantitative estimate of drug-likeness (QED) is 0.428. The minimum Gasteiger partial charge on any atom is -0.378 e. The number of halogens is 1. The largest absolute Gasteiger partial charge is 0.378 e. The van der Waals surface area contributed by atoms with E-state index in [0.717, 1.165) is 33.8 Å². The predicted octanol–water partition coefficient (Wildman–Crippen LogP) is 6.58. The van der Waals surface area contributed by atoms with Gasteiger partial charge in [-0.05, 0) is 78.8 Å². The van der Waals surface area contributed by atoms with Crippen LogP contribution in [-0.4, -0.2) is 8.42 Å². The molecule has 164 valence electrons. The summed E-state index contributed by atoms with van der Waals surface area (Å²) in [4.78, 5) is 0.282. The summed E-state index contributed by atoms with van der Waals surface area (Å²) in [5.41, 5.74) is 5.63. The second-order valence-corrected chi connectivity index (χ2v) is 10.8. The van der Waals surface area contributed by atoms with E-state index in [0.29, 0.717) is 11.6 Å². The lowest BCUT2D eigenvalue weighted by atomic mass is 9.77. The highest BCUT2D eigenvalue weighted by atomic mass is 35.5. The van der Waals surface area contributed by atoms with Crippen molar-refractivity contribution in [1.29, 1.82) is 0 Å². The van der Waals surface area contributed by atoms with Crippen LogP contribution in [0.4, 0.5) is 11.4 Å². The van der Waals surface area contributed by atoms with Gasteiger partial charge in [0.1, 0.15) is 0 Å². The van der Waals surface area contributed by atoms with Gasteiger partial charge >= 0.3 is 0 Å². The molecule has 0 amide bonds. The molecule has 1 aliphatic carbocycles. The highest BCUT2D eigenvalue weighted by Crippen LogP contribution is 2.50. The second-order valence-electron chi connectivity index (χ2n) is 8.65. The van der Waals surface area contributed by atoms with Gasteiger partial charge in [-0.25, -0.2) is 8.42 Å². The van der Waals surface area contributed by atoms with E-state index in [9.17, 15) is 8.42 Å². The summed E-state index contributed by atoms with van der Waals surface area (Å²) < 4.78 is 29.3. The molecule has 0 bridgehead atoms. The molecule has 0 fully saturated rings. The summed E-state index contributed by atoms with van der Waals surface area (Å²) in [7, 11) is -3.71. The first-order chi connectivity index (χ1) is 15.3. The summed E-state index contributed by atoms with van der Waals surface area (Å²) >= 11 is 6.08. The zero-order chi connectivity index (χ0) is 22.5. The van der Waals surface area contributed by atoms with Crippen LogP contribution in [0.1, 0.15) is 40.6 Å². The van der Waals surface area contributed by atoms with Crippen LogP contribution in [-0.2, 0) is 10.0 Å². The lowest BCUT2D eigenvalue weighted by Gasteiger charge is -2.37. The molecule has 3 aromatic carbocycles. The van der Waals surface area contributed by atoms with E-state index in [1.165, 1.54) is 5.56 Å². The summed E-state index contributed by atoms with van der Waals surface area (Å²) in [6.07, 6.45) is 5.36. The first-order valence-corrected chi connectivity index (χ1v) is 12.6. The Morgan fingerprint density at radius 2 is 1.72 bits per heavy atom. The fraction of sp³-hybridized carbons (Fsp3) is 0.231. The average Bonchev–Trinajstić information content (AvgIpc) is 3.26. The van der Waals surface area contributed by atoms with Crippen LogP contribution in [0.5, 0.6) is 0 Å². The molecule has 1 heterocycles. The smallest absolute Gasteiger partial charge is 0.261 e. The van der Waals surface area contributed by atoms with Crippen molar-refractivity contribution in [3.05, 3.63) is 100 Å². The third-order valence-electron chi connectivity index (χ3n) is 6.59. The highest BCUT2D eigenvalue weighted by Gasteiger charge is 2.38. The first-order valence-electron chi connectivity index (χ1n) is 10.7. The number of anilines is 2. The Kier molecular flexibility index (Phi) is 5.26. The SMILES string of the molecule is Cc1cccc(C)c1NS(=O)(=O)c1ccc2c(c1)[C@H]1C=CC[C@H]1[C@@H](c1ccc(Cl)cc1)N2. The summed E-state index contributed by atoms with van der Waals surface area (Å²) in [6, 6.07) is 19.2. The van der Waals surface area contributed by atoms with Crippen LogP contribution >= 0.6 is 11.6 Å². The van der Waals surface area contributed by atoms with Crippen molar-refractivity contribution >= 4 is 33.0 Å². The number of rotatable bonds is 4. The molecule has 0 unspecified atom stereocenters. The van der Waals surface area contributed by atoms with Gasteiger partial charge in [-0.3, -0.25) is 4.72 Å². The van der Waals surface area contributed by atoms with Crippen molar-refractivity contribution < 1.29 is 8.42 Å². The predicted molar refractivity (Wildman–Crippen MR) is 131 cm³/mol. The van der Waals surface area contributed by atoms with E-state index in [2.05, 4.69) is 34.3 Å². The first kappa shape index (κ1) is 21.1. The molecule has 0 spiro atoms. The second kappa shape index (κ2) is 7.98. The molecular weight excluding hydrogens is 440 g/mol. The van der Waals surface area contributed by atoms with Crippen LogP contribution in [0.3, 0.4) is 0 Å². The van der Waals surface area contributed by atoms with Crippen molar-refractivity contribution in [2.24, 2.45) is 5.92 Å². The summed E-state index contributed by atoms with van der Waals surface area (Å²) in [5, 5.41) is 4.37. The number of benzene rings is 3. The molecule has 0 aromatic heterocycles. The van der Waals surface area contributed by atoms with E-state index in [1.807, 2.05) is 56.3 Å². The van der Waals surface area contributed by atoms with Gasteiger partial charge in [-0.15, -0.1) is 0 Å². The Labute approximate surface area is 194 Å². The molecule has 4 nitrogen and oxygen atoms in total. The lowest BCUT2D eigenvalue weighted by molar-refractivity contribution is 0.425. The Morgan fingerprint density at radius 1 is 1.00 bits per heavy atom. The van der Waals surface area contributed by atoms with E-state index < -0.39 is 10.0 Å². The third kappa shape index (κ3) is 3.70. The molecular formula is C26H25ClN2O2S. The highest BCUT2D eigenvalue weighted by molar-refractivity contribution is 7.92. The fourth-order valence-corrected chi connectivity index (χ4v) is 6.27. The van der Waals surface area contributed by atoms with E-state index in [-0.39, 0.29) is 16.9 Å². The van der Waals surface area contributed by atoms with Gasteiger partial charge in [-0.1, -0.05) is 54.1 Å². The number of nitrogens with one attached hydrogen (secondary N) is 2. The number of sulfonamides is 1. The molecule has 2 N–H and O–H groups in total. The normalized spacial score (nSPS) is 21.5. The Morgan fingerprint density at radius 3 is 2.44 bits per heavy atom. The summed E-state index contributed by atoms with van der Waals surface area (Å²) in [6.45, 7) is 3.82. The monoisotopic (exact) mass is 464 g/mol. The Bertz CT molecular complexity index is 1300. The Hall–Kier alpha value is -2.76.